The topological polar surface area (TPSA) is 53.1 Å². The molecule has 4 nitrogen and oxygen atoms in total. The lowest BCUT2D eigenvalue weighted by molar-refractivity contribution is 0.398. The normalized spacial score (nSPS) is 10.8. The number of nitrogens with zero attached hydrogens (tertiary/aromatic N) is 2. The van der Waals surface area contributed by atoms with Crippen molar-refractivity contribution in [3.8, 4) is 11.8 Å². The molecular weight excluding hydrogens is 282 g/mol. The number of nitrogen functional groups attached to an aromatic ring is 1. The Balaban J connectivity index is 2.30. The van der Waals surface area contributed by atoms with E-state index in [0.717, 1.165) is 10.2 Å². The maximum Gasteiger partial charge on any atom is 0.303 e. The van der Waals surface area contributed by atoms with E-state index in [0.29, 0.717) is 11.8 Å². The molecule has 2 aromatic rings. The number of hydrogen-bond donors (Lipinski definition) is 1. The zero-order valence-electron chi connectivity index (χ0n) is 9.72. The Morgan fingerprint density at radius 2 is 2.18 bits per heavy atom. The number of halogens is 1. The second-order valence-corrected chi connectivity index (χ2v) is 4.90. The molecule has 0 bridgehead atoms. The van der Waals surface area contributed by atoms with Crippen LogP contribution in [0.3, 0.4) is 0 Å². The van der Waals surface area contributed by atoms with Crippen LogP contribution in [0, 0.1) is 0 Å². The van der Waals surface area contributed by atoms with Gasteiger partial charge in [0, 0.05) is 10.5 Å². The summed E-state index contributed by atoms with van der Waals surface area (Å²) in [5.74, 6) is 1.33. The van der Waals surface area contributed by atoms with Crippen molar-refractivity contribution >= 4 is 21.7 Å². The van der Waals surface area contributed by atoms with Crippen molar-refractivity contribution in [3.63, 3.8) is 0 Å². The number of anilines is 1. The third-order valence-corrected chi connectivity index (χ3v) is 2.81. The van der Waals surface area contributed by atoms with Crippen molar-refractivity contribution in [1.29, 1.82) is 0 Å². The first-order valence-electron chi connectivity index (χ1n) is 5.34. The molecule has 17 heavy (non-hydrogen) atoms. The van der Waals surface area contributed by atoms with Crippen LogP contribution in [0.25, 0.3) is 0 Å². The highest BCUT2D eigenvalue weighted by atomic mass is 79.9. The molecule has 0 spiro atoms. The van der Waals surface area contributed by atoms with E-state index in [1.54, 1.807) is 6.20 Å². The van der Waals surface area contributed by atoms with E-state index in [2.05, 4.69) is 20.9 Å². The molecule has 0 radical (unpaired) electrons. The fraction of sp³-hybridized carbons (Fsp3) is 0.250. The third kappa shape index (κ3) is 2.61. The molecule has 0 aliphatic rings. The molecule has 0 unspecified atom stereocenters. The number of nitrogens with two attached hydrogens (primary N) is 1. The number of hydrogen-bond acceptors (Lipinski definition) is 3. The standard InChI is InChI=1S/C12H14BrN3O/c1-8(2)16-11(14)7-15-12(16)17-10-5-3-4-9(13)6-10/h3-8H,14H2,1-2H3. The number of benzene rings is 1. The monoisotopic (exact) mass is 295 g/mol. The SMILES string of the molecule is CC(C)n1c(N)cnc1Oc1cccc(Br)c1. The van der Waals surface area contributed by atoms with Crippen LogP contribution in [0.15, 0.2) is 34.9 Å². The summed E-state index contributed by atoms with van der Waals surface area (Å²) in [7, 11) is 0. The summed E-state index contributed by atoms with van der Waals surface area (Å²) >= 11 is 3.40. The first kappa shape index (κ1) is 12.0. The molecule has 1 aromatic carbocycles. The van der Waals surface area contributed by atoms with Crippen LogP contribution in [0.4, 0.5) is 5.82 Å². The Labute approximate surface area is 109 Å². The van der Waals surface area contributed by atoms with E-state index < -0.39 is 0 Å². The molecule has 1 heterocycles. The Hall–Kier alpha value is -1.49. The second kappa shape index (κ2) is 4.79. The first-order chi connectivity index (χ1) is 8.08. The molecule has 0 amide bonds. The summed E-state index contributed by atoms with van der Waals surface area (Å²) in [5, 5.41) is 0. The van der Waals surface area contributed by atoms with E-state index in [1.807, 2.05) is 42.7 Å². The predicted molar refractivity (Wildman–Crippen MR) is 71.2 cm³/mol. The number of aromatic nitrogens is 2. The molecule has 0 atom stereocenters. The zero-order valence-corrected chi connectivity index (χ0v) is 11.3. The van der Waals surface area contributed by atoms with Crippen LogP contribution in [-0.4, -0.2) is 9.55 Å². The molecule has 0 fully saturated rings. The van der Waals surface area contributed by atoms with Crippen molar-refractivity contribution in [2.75, 3.05) is 5.73 Å². The van der Waals surface area contributed by atoms with Crippen LogP contribution in [0.2, 0.25) is 0 Å². The second-order valence-electron chi connectivity index (χ2n) is 3.99. The van der Waals surface area contributed by atoms with Crippen LogP contribution >= 0.6 is 15.9 Å². The van der Waals surface area contributed by atoms with Gasteiger partial charge in [-0.15, -0.1) is 0 Å². The first-order valence-corrected chi connectivity index (χ1v) is 6.13. The van der Waals surface area contributed by atoms with Gasteiger partial charge >= 0.3 is 6.01 Å². The lowest BCUT2D eigenvalue weighted by Gasteiger charge is -2.13. The van der Waals surface area contributed by atoms with E-state index in [1.165, 1.54) is 0 Å². The summed E-state index contributed by atoms with van der Waals surface area (Å²) in [6.45, 7) is 4.07. The molecule has 2 rings (SSSR count). The van der Waals surface area contributed by atoms with E-state index >= 15 is 0 Å². The lowest BCUT2D eigenvalue weighted by Crippen LogP contribution is -2.06. The summed E-state index contributed by atoms with van der Waals surface area (Å²) in [4.78, 5) is 4.16. The molecule has 0 saturated carbocycles. The van der Waals surface area contributed by atoms with Crippen LogP contribution in [0.5, 0.6) is 11.8 Å². The molecule has 90 valence electrons. The largest absolute Gasteiger partial charge is 0.425 e. The summed E-state index contributed by atoms with van der Waals surface area (Å²) in [5.41, 5.74) is 5.84. The molecule has 0 aliphatic carbocycles. The smallest absolute Gasteiger partial charge is 0.303 e. The fourth-order valence-electron chi connectivity index (χ4n) is 1.59. The third-order valence-electron chi connectivity index (χ3n) is 2.31. The van der Waals surface area contributed by atoms with Crippen molar-refractivity contribution in [3.05, 3.63) is 34.9 Å². The van der Waals surface area contributed by atoms with Gasteiger partial charge in [-0.2, -0.15) is 0 Å². The van der Waals surface area contributed by atoms with Crippen molar-refractivity contribution in [2.45, 2.75) is 19.9 Å². The van der Waals surface area contributed by atoms with E-state index in [9.17, 15) is 0 Å². The maximum atomic E-state index is 5.84. The van der Waals surface area contributed by atoms with Gasteiger partial charge in [-0.25, -0.2) is 4.98 Å². The van der Waals surface area contributed by atoms with Crippen molar-refractivity contribution in [2.24, 2.45) is 0 Å². The molecule has 0 aliphatic heterocycles. The highest BCUT2D eigenvalue weighted by molar-refractivity contribution is 9.10. The molecule has 5 heteroatoms. The predicted octanol–water partition coefficient (Wildman–Crippen LogP) is 3.60. The highest BCUT2D eigenvalue weighted by Crippen LogP contribution is 2.27. The minimum absolute atomic E-state index is 0.208. The van der Waals surface area contributed by atoms with E-state index in [-0.39, 0.29) is 6.04 Å². The van der Waals surface area contributed by atoms with Crippen molar-refractivity contribution < 1.29 is 4.74 Å². The minimum atomic E-state index is 0.208. The number of rotatable bonds is 3. The highest BCUT2D eigenvalue weighted by Gasteiger charge is 2.12. The van der Waals surface area contributed by atoms with Gasteiger partial charge in [-0.05, 0) is 32.0 Å². The van der Waals surface area contributed by atoms with Gasteiger partial charge < -0.3 is 10.5 Å². The molecular formula is C12H14BrN3O. The maximum absolute atomic E-state index is 5.84. The molecule has 1 aromatic heterocycles. The quantitative estimate of drug-likeness (QED) is 0.941. The van der Waals surface area contributed by atoms with E-state index in [4.69, 9.17) is 10.5 Å². The minimum Gasteiger partial charge on any atom is -0.425 e. The Morgan fingerprint density at radius 3 is 2.82 bits per heavy atom. The van der Waals surface area contributed by atoms with Crippen LogP contribution in [0.1, 0.15) is 19.9 Å². The molecule has 0 saturated heterocycles. The van der Waals surface area contributed by atoms with Gasteiger partial charge in [0.1, 0.15) is 11.6 Å². The molecule has 2 N–H and O–H groups in total. The Kier molecular flexibility index (Phi) is 3.38. The zero-order chi connectivity index (χ0) is 12.4. The average molecular weight is 296 g/mol. The van der Waals surface area contributed by atoms with Crippen LogP contribution < -0.4 is 10.5 Å². The van der Waals surface area contributed by atoms with Gasteiger partial charge in [0.2, 0.25) is 0 Å². The Morgan fingerprint density at radius 1 is 1.41 bits per heavy atom. The number of imidazole rings is 1. The summed E-state index contributed by atoms with van der Waals surface area (Å²) < 4.78 is 8.53. The van der Waals surface area contributed by atoms with Gasteiger partial charge in [0.05, 0.1) is 6.20 Å². The average Bonchev–Trinajstić information content (AvgIpc) is 2.59. The van der Waals surface area contributed by atoms with Gasteiger partial charge in [0.25, 0.3) is 0 Å². The van der Waals surface area contributed by atoms with Gasteiger partial charge in [-0.3, -0.25) is 4.57 Å². The summed E-state index contributed by atoms with van der Waals surface area (Å²) in [6.07, 6.45) is 1.60. The summed E-state index contributed by atoms with van der Waals surface area (Å²) in [6, 6.07) is 8.33. The fourth-order valence-corrected chi connectivity index (χ4v) is 1.96. The van der Waals surface area contributed by atoms with Gasteiger partial charge in [0.15, 0.2) is 0 Å². The van der Waals surface area contributed by atoms with Crippen LogP contribution in [-0.2, 0) is 0 Å². The number of ether oxygens (including phenoxy) is 1. The van der Waals surface area contributed by atoms with Gasteiger partial charge in [-0.1, -0.05) is 22.0 Å². The lowest BCUT2D eigenvalue weighted by atomic mass is 10.3. The Bertz CT molecular complexity index is 522. The van der Waals surface area contributed by atoms with Crippen molar-refractivity contribution in [1.82, 2.24) is 9.55 Å².